The fourth-order valence-electron chi connectivity index (χ4n) is 2.84. The van der Waals surface area contributed by atoms with E-state index in [2.05, 4.69) is 9.88 Å². The first kappa shape index (κ1) is 17.1. The van der Waals surface area contributed by atoms with E-state index in [9.17, 15) is 18.0 Å². The molecule has 0 saturated heterocycles. The van der Waals surface area contributed by atoms with Gasteiger partial charge in [0.25, 0.3) is 5.91 Å². The van der Waals surface area contributed by atoms with Crippen LogP contribution in [0.4, 0.5) is 18.9 Å². The van der Waals surface area contributed by atoms with Gasteiger partial charge in [-0.1, -0.05) is 0 Å². The van der Waals surface area contributed by atoms with Gasteiger partial charge in [0.15, 0.2) is 0 Å². The second-order valence-corrected chi connectivity index (χ2v) is 6.03. The number of aryl methyl sites for hydroxylation is 2. The van der Waals surface area contributed by atoms with E-state index < -0.39 is 11.7 Å². The molecule has 6 heteroatoms. The number of benzene rings is 2. The van der Waals surface area contributed by atoms with Gasteiger partial charge in [0, 0.05) is 34.9 Å². The summed E-state index contributed by atoms with van der Waals surface area (Å²) in [7, 11) is 1.96. The van der Waals surface area contributed by atoms with Gasteiger partial charge in [-0.05, 0) is 61.9 Å². The molecule has 0 fully saturated rings. The summed E-state index contributed by atoms with van der Waals surface area (Å²) in [6, 6.07) is 9.77. The van der Waals surface area contributed by atoms with Gasteiger partial charge in [-0.3, -0.25) is 4.79 Å². The Kier molecular flexibility index (Phi) is 4.06. The van der Waals surface area contributed by atoms with Crippen molar-refractivity contribution >= 4 is 22.5 Å². The lowest BCUT2D eigenvalue weighted by Crippen LogP contribution is -2.12. The maximum absolute atomic E-state index is 12.6. The Balaban J connectivity index is 1.86. The molecule has 2 aromatic carbocycles. The largest absolute Gasteiger partial charge is 0.416 e. The zero-order valence-electron chi connectivity index (χ0n) is 14.0. The Morgan fingerprint density at radius 3 is 2.28 bits per heavy atom. The molecule has 1 amide bonds. The summed E-state index contributed by atoms with van der Waals surface area (Å²) in [5.74, 6) is -0.359. The third kappa shape index (κ3) is 3.12. The highest BCUT2D eigenvalue weighted by molar-refractivity contribution is 6.06. The molecule has 0 saturated carbocycles. The number of hydrogen-bond acceptors (Lipinski definition) is 1. The van der Waals surface area contributed by atoms with Gasteiger partial charge in [0.1, 0.15) is 0 Å². The van der Waals surface area contributed by atoms with Crippen LogP contribution < -0.4 is 5.32 Å². The van der Waals surface area contributed by atoms with E-state index in [4.69, 9.17) is 0 Å². The Morgan fingerprint density at radius 1 is 1.04 bits per heavy atom. The van der Waals surface area contributed by atoms with Gasteiger partial charge in [0.05, 0.1) is 5.56 Å². The second-order valence-electron chi connectivity index (χ2n) is 6.03. The number of aromatic nitrogens is 1. The summed E-state index contributed by atoms with van der Waals surface area (Å²) in [5, 5.41) is 3.62. The Bertz CT molecular complexity index is 953. The van der Waals surface area contributed by atoms with Crippen LogP contribution in [0, 0.1) is 13.8 Å². The zero-order chi connectivity index (χ0) is 18.4. The average molecular weight is 346 g/mol. The minimum absolute atomic E-state index is 0.319. The Labute approximate surface area is 143 Å². The number of hydrogen-bond donors (Lipinski definition) is 1. The van der Waals surface area contributed by atoms with E-state index in [1.165, 1.54) is 12.1 Å². The van der Waals surface area contributed by atoms with Crippen molar-refractivity contribution in [1.29, 1.82) is 0 Å². The van der Waals surface area contributed by atoms with Gasteiger partial charge in [-0.2, -0.15) is 13.2 Å². The zero-order valence-corrected chi connectivity index (χ0v) is 14.0. The summed E-state index contributed by atoms with van der Waals surface area (Å²) < 4.78 is 39.8. The maximum Gasteiger partial charge on any atom is 0.416 e. The molecule has 1 N–H and O–H groups in total. The first-order valence-electron chi connectivity index (χ1n) is 7.72. The van der Waals surface area contributed by atoms with E-state index >= 15 is 0 Å². The van der Waals surface area contributed by atoms with Crippen LogP contribution in [0.2, 0.25) is 0 Å². The van der Waals surface area contributed by atoms with Crippen molar-refractivity contribution in [2.24, 2.45) is 7.05 Å². The van der Waals surface area contributed by atoms with Crippen molar-refractivity contribution in [3.8, 4) is 0 Å². The van der Waals surface area contributed by atoms with Crippen molar-refractivity contribution in [2.75, 3.05) is 5.32 Å². The molecule has 1 aromatic heterocycles. The van der Waals surface area contributed by atoms with Crippen LogP contribution in [-0.4, -0.2) is 10.5 Å². The lowest BCUT2D eigenvalue weighted by molar-refractivity contribution is -0.137. The average Bonchev–Trinajstić information content (AvgIpc) is 2.79. The number of halogens is 3. The van der Waals surface area contributed by atoms with E-state index in [1.54, 1.807) is 12.1 Å². The Hall–Kier alpha value is -2.76. The lowest BCUT2D eigenvalue weighted by atomic mass is 10.1. The highest BCUT2D eigenvalue weighted by Crippen LogP contribution is 2.30. The Morgan fingerprint density at radius 2 is 1.68 bits per heavy atom. The van der Waals surface area contributed by atoms with E-state index in [1.807, 2.05) is 27.0 Å². The molecule has 3 nitrogen and oxygen atoms in total. The number of rotatable bonds is 2. The van der Waals surface area contributed by atoms with Crippen molar-refractivity contribution in [3.63, 3.8) is 0 Å². The predicted octanol–water partition coefficient (Wildman–Crippen LogP) is 5.07. The van der Waals surface area contributed by atoms with Gasteiger partial charge < -0.3 is 9.88 Å². The number of alkyl halides is 3. The van der Waals surface area contributed by atoms with Gasteiger partial charge in [-0.25, -0.2) is 0 Å². The number of nitrogens with one attached hydrogen (secondary N) is 1. The van der Waals surface area contributed by atoms with E-state index in [-0.39, 0.29) is 5.91 Å². The smallest absolute Gasteiger partial charge is 0.348 e. The molecule has 0 unspecified atom stereocenters. The summed E-state index contributed by atoms with van der Waals surface area (Å²) in [4.78, 5) is 12.4. The summed E-state index contributed by atoms with van der Waals surface area (Å²) in [6.45, 7) is 4.01. The van der Waals surface area contributed by atoms with Crippen LogP contribution in [0.25, 0.3) is 10.9 Å². The van der Waals surface area contributed by atoms with Crippen molar-refractivity contribution < 1.29 is 18.0 Å². The molecular weight excluding hydrogens is 329 g/mol. The molecule has 0 bridgehead atoms. The second kappa shape index (κ2) is 5.95. The molecule has 25 heavy (non-hydrogen) atoms. The number of anilines is 1. The highest BCUT2D eigenvalue weighted by atomic mass is 19.4. The fourth-order valence-corrected chi connectivity index (χ4v) is 2.84. The van der Waals surface area contributed by atoms with Crippen LogP contribution in [0.5, 0.6) is 0 Å². The minimum atomic E-state index is -4.39. The molecule has 0 spiro atoms. The number of amides is 1. The van der Waals surface area contributed by atoms with Crippen LogP contribution in [0.3, 0.4) is 0 Å². The number of carbonyl (C=O) groups excluding carboxylic acids is 1. The van der Waals surface area contributed by atoms with Gasteiger partial charge >= 0.3 is 6.18 Å². The molecule has 0 aliphatic heterocycles. The topological polar surface area (TPSA) is 34.0 Å². The lowest BCUT2D eigenvalue weighted by Gasteiger charge is -2.09. The van der Waals surface area contributed by atoms with Gasteiger partial charge in [0.2, 0.25) is 0 Å². The van der Waals surface area contributed by atoms with Crippen molar-refractivity contribution in [3.05, 3.63) is 64.8 Å². The monoisotopic (exact) mass is 346 g/mol. The quantitative estimate of drug-likeness (QED) is 0.691. The summed E-state index contributed by atoms with van der Waals surface area (Å²) >= 11 is 0. The molecule has 3 aromatic rings. The number of nitrogens with zero attached hydrogens (tertiary/aromatic N) is 1. The standard InChI is InChI=1S/C19H17F3N2O/c1-11-12(2)24(3)17-9-4-13(10-16(11)17)18(25)23-15-7-5-14(6-8-15)19(20,21)22/h4-10H,1-3H3,(H,23,25). The molecule has 3 rings (SSSR count). The van der Waals surface area contributed by atoms with Crippen molar-refractivity contribution in [2.45, 2.75) is 20.0 Å². The van der Waals surface area contributed by atoms with Gasteiger partial charge in [-0.15, -0.1) is 0 Å². The van der Waals surface area contributed by atoms with Crippen molar-refractivity contribution in [1.82, 2.24) is 4.57 Å². The number of carbonyl (C=O) groups is 1. The first-order valence-corrected chi connectivity index (χ1v) is 7.72. The summed E-state index contributed by atoms with van der Waals surface area (Å²) in [6.07, 6.45) is -4.39. The maximum atomic E-state index is 12.6. The van der Waals surface area contributed by atoms with Crippen LogP contribution in [0.1, 0.15) is 27.2 Å². The third-order valence-electron chi connectivity index (χ3n) is 4.54. The molecule has 0 atom stereocenters. The number of fused-ring (bicyclic) bond motifs is 1. The van der Waals surface area contributed by atoms with Crippen LogP contribution >= 0.6 is 0 Å². The molecular formula is C19H17F3N2O. The molecule has 0 radical (unpaired) electrons. The van der Waals surface area contributed by atoms with E-state index in [0.29, 0.717) is 11.3 Å². The molecule has 0 aliphatic rings. The van der Waals surface area contributed by atoms with Crippen LogP contribution in [-0.2, 0) is 13.2 Å². The SMILES string of the molecule is Cc1c(C)n(C)c2ccc(C(=O)Nc3ccc(C(F)(F)F)cc3)cc12. The minimum Gasteiger partial charge on any atom is -0.348 e. The van der Waals surface area contributed by atoms with Crippen LogP contribution in [0.15, 0.2) is 42.5 Å². The summed E-state index contributed by atoms with van der Waals surface area (Å²) in [5.41, 5.74) is 3.28. The third-order valence-corrected chi connectivity index (χ3v) is 4.54. The van der Waals surface area contributed by atoms with E-state index in [0.717, 1.165) is 34.3 Å². The predicted molar refractivity (Wildman–Crippen MR) is 91.8 cm³/mol. The normalized spacial score (nSPS) is 11.8. The fraction of sp³-hybridized carbons (Fsp3) is 0.211. The molecule has 1 heterocycles. The molecule has 130 valence electrons. The highest BCUT2D eigenvalue weighted by Gasteiger charge is 2.30. The first-order chi connectivity index (χ1) is 11.7. The molecule has 0 aliphatic carbocycles.